The van der Waals surface area contributed by atoms with E-state index in [9.17, 15) is 0 Å². The van der Waals surface area contributed by atoms with Crippen molar-refractivity contribution in [2.75, 3.05) is 19.8 Å². The largest absolute Gasteiger partial charge is 0.399 e. The number of thiazole rings is 1. The molecule has 0 aliphatic carbocycles. The average Bonchev–Trinajstić information content (AvgIpc) is 2.56. The molecule has 0 fully saturated rings. The van der Waals surface area contributed by atoms with Gasteiger partial charge in [-0.3, -0.25) is 0 Å². The fourth-order valence-corrected chi connectivity index (χ4v) is 1.94. The third kappa shape index (κ3) is 2.24. The molecule has 15 heavy (non-hydrogen) atoms. The van der Waals surface area contributed by atoms with Crippen LogP contribution >= 0.6 is 11.3 Å². The summed E-state index contributed by atoms with van der Waals surface area (Å²) in [5.41, 5.74) is 7.31. The Morgan fingerprint density at radius 3 is 3.00 bits per heavy atom. The summed E-state index contributed by atoms with van der Waals surface area (Å²) in [4.78, 5) is 10.5. The van der Waals surface area contributed by atoms with Crippen LogP contribution in [-0.4, -0.2) is 30.3 Å². The molecule has 0 saturated heterocycles. The Morgan fingerprint density at radius 2 is 2.27 bits per heavy atom. The highest BCUT2D eigenvalue weighted by molar-refractivity contribution is 7.22. The maximum absolute atomic E-state index is 5.67. The predicted octanol–water partition coefficient (Wildman–Crippen LogP) is 2.10. The molecule has 1 heterocycles. The number of nitrogens with zero attached hydrogens (tertiary/aromatic N) is 3. The summed E-state index contributed by atoms with van der Waals surface area (Å²) >= 11 is 1.56. The minimum absolute atomic E-state index is 0.732. The third-order valence-corrected chi connectivity index (χ3v) is 2.74. The van der Waals surface area contributed by atoms with Crippen LogP contribution in [0.15, 0.2) is 23.2 Å². The lowest BCUT2D eigenvalue weighted by molar-refractivity contribution is 0.643. The van der Waals surface area contributed by atoms with Gasteiger partial charge >= 0.3 is 0 Å². The minimum Gasteiger partial charge on any atom is -0.399 e. The second-order valence-electron chi connectivity index (χ2n) is 3.43. The van der Waals surface area contributed by atoms with Crippen LogP contribution in [0.4, 0.5) is 10.8 Å². The summed E-state index contributed by atoms with van der Waals surface area (Å²) in [7, 11) is 3.85. The van der Waals surface area contributed by atoms with Crippen molar-refractivity contribution in [3.8, 4) is 0 Å². The van der Waals surface area contributed by atoms with E-state index in [1.54, 1.807) is 17.7 Å². The molecule has 78 valence electrons. The zero-order chi connectivity index (χ0) is 10.8. The maximum atomic E-state index is 5.67. The van der Waals surface area contributed by atoms with E-state index in [0.717, 1.165) is 21.0 Å². The third-order valence-electron chi connectivity index (χ3n) is 1.80. The van der Waals surface area contributed by atoms with Crippen molar-refractivity contribution in [2.24, 2.45) is 4.99 Å². The molecule has 0 amide bonds. The van der Waals surface area contributed by atoms with Gasteiger partial charge in [0.25, 0.3) is 0 Å². The van der Waals surface area contributed by atoms with Crippen molar-refractivity contribution in [3.63, 3.8) is 0 Å². The van der Waals surface area contributed by atoms with Gasteiger partial charge in [0, 0.05) is 19.8 Å². The Balaban J connectivity index is 2.39. The quantitative estimate of drug-likeness (QED) is 0.479. The average molecular weight is 220 g/mol. The van der Waals surface area contributed by atoms with Crippen molar-refractivity contribution in [2.45, 2.75) is 0 Å². The first-order valence-corrected chi connectivity index (χ1v) is 5.33. The summed E-state index contributed by atoms with van der Waals surface area (Å²) in [5, 5.41) is 0.754. The van der Waals surface area contributed by atoms with Gasteiger partial charge in [-0.25, -0.2) is 9.98 Å². The highest BCUT2D eigenvalue weighted by atomic mass is 32.1. The van der Waals surface area contributed by atoms with E-state index in [1.165, 1.54) is 0 Å². The smallest absolute Gasteiger partial charge is 0.211 e. The van der Waals surface area contributed by atoms with E-state index in [0.29, 0.717) is 0 Å². The molecular weight excluding hydrogens is 208 g/mol. The highest BCUT2D eigenvalue weighted by Crippen LogP contribution is 2.28. The van der Waals surface area contributed by atoms with Crippen LogP contribution < -0.4 is 5.73 Å². The summed E-state index contributed by atoms with van der Waals surface area (Å²) in [5.74, 6) is 0. The summed E-state index contributed by atoms with van der Waals surface area (Å²) in [6, 6.07) is 5.71. The van der Waals surface area contributed by atoms with Crippen molar-refractivity contribution in [3.05, 3.63) is 18.2 Å². The molecule has 4 nitrogen and oxygen atoms in total. The van der Waals surface area contributed by atoms with E-state index < -0.39 is 0 Å². The molecule has 0 radical (unpaired) electrons. The Morgan fingerprint density at radius 1 is 1.47 bits per heavy atom. The Kier molecular flexibility index (Phi) is 2.55. The Bertz CT molecular complexity index is 501. The minimum atomic E-state index is 0.732. The van der Waals surface area contributed by atoms with Crippen LogP contribution in [0.3, 0.4) is 0 Å². The topological polar surface area (TPSA) is 54.5 Å². The molecule has 2 rings (SSSR count). The molecule has 0 atom stereocenters. The number of nitrogen functional groups attached to an aromatic ring is 1. The summed E-state index contributed by atoms with van der Waals surface area (Å²) in [6.07, 6.45) is 1.74. The fourth-order valence-electron chi connectivity index (χ4n) is 1.15. The first-order chi connectivity index (χ1) is 7.15. The zero-order valence-corrected chi connectivity index (χ0v) is 9.45. The fraction of sp³-hybridized carbons (Fsp3) is 0.200. The molecular formula is C10H12N4S. The number of anilines is 1. The number of aromatic nitrogens is 1. The Labute approximate surface area is 92.1 Å². The van der Waals surface area contributed by atoms with Gasteiger partial charge in [-0.05, 0) is 18.2 Å². The van der Waals surface area contributed by atoms with Gasteiger partial charge in [0.1, 0.15) is 0 Å². The van der Waals surface area contributed by atoms with Crippen LogP contribution in [0.25, 0.3) is 10.2 Å². The van der Waals surface area contributed by atoms with E-state index in [1.807, 2.05) is 37.2 Å². The Hall–Kier alpha value is -1.62. The number of hydrogen-bond donors (Lipinski definition) is 1. The van der Waals surface area contributed by atoms with E-state index in [4.69, 9.17) is 5.73 Å². The summed E-state index contributed by atoms with van der Waals surface area (Å²) in [6.45, 7) is 0. The first-order valence-electron chi connectivity index (χ1n) is 4.52. The van der Waals surface area contributed by atoms with E-state index in [2.05, 4.69) is 9.98 Å². The molecule has 0 unspecified atom stereocenters. The number of aliphatic imine (C=N–C) groups is 1. The van der Waals surface area contributed by atoms with Crippen molar-refractivity contribution < 1.29 is 0 Å². The monoisotopic (exact) mass is 220 g/mol. The van der Waals surface area contributed by atoms with Crippen molar-refractivity contribution in [1.29, 1.82) is 0 Å². The van der Waals surface area contributed by atoms with Gasteiger partial charge in [0.15, 0.2) is 0 Å². The highest BCUT2D eigenvalue weighted by Gasteiger charge is 2.01. The number of nitrogens with two attached hydrogens (primary N) is 1. The second kappa shape index (κ2) is 3.86. The molecule has 0 saturated carbocycles. The lowest BCUT2D eigenvalue weighted by Crippen LogP contribution is -2.06. The molecule has 0 aliphatic heterocycles. The second-order valence-corrected chi connectivity index (χ2v) is 4.44. The predicted molar refractivity (Wildman–Crippen MR) is 65.9 cm³/mol. The molecule has 0 aliphatic rings. The van der Waals surface area contributed by atoms with E-state index >= 15 is 0 Å². The maximum Gasteiger partial charge on any atom is 0.211 e. The van der Waals surface area contributed by atoms with Gasteiger partial charge in [-0.2, -0.15) is 0 Å². The number of fused-ring (bicyclic) bond motifs is 1. The zero-order valence-electron chi connectivity index (χ0n) is 8.64. The van der Waals surface area contributed by atoms with Crippen LogP contribution in [0.5, 0.6) is 0 Å². The molecule has 0 spiro atoms. The lowest BCUT2D eigenvalue weighted by atomic mass is 10.3. The van der Waals surface area contributed by atoms with Gasteiger partial charge in [-0.1, -0.05) is 11.3 Å². The van der Waals surface area contributed by atoms with Crippen molar-refractivity contribution >= 4 is 38.7 Å². The van der Waals surface area contributed by atoms with Gasteiger partial charge < -0.3 is 10.6 Å². The first kappa shape index (κ1) is 9.92. The summed E-state index contributed by atoms with van der Waals surface area (Å²) < 4.78 is 1.11. The molecule has 2 N–H and O–H groups in total. The van der Waals surface area contributed by atoms with Gasteiger partial charge in [0.2, 0.25) is 5.13 Å². The number of rotatable bonds is 2. The van der Waals surface area contributed by atoms with Gasteiger partial charge in [-0.15, -0.1) is 0 Å². The van der Waals surface area contributed by atoms with E-state index in [-0.39, 0.29) is 0 Å². The molecule has 1 aromatic heterocycles. The van der Waals surface area contributed by atoms with Gasteiger partial charge in [0.05, 0.1) is 16.6 Å². The normalized spacial score (nSPS) is 11.3. The van der Waals surface area contributed by atoms with Crippen LogP contribution in [0.2, 0.25) is 0 Å². The van der Waals surface area contributed by atoms with Crippen LogP contribution in [0.1, 0.15) is 0 Å². The standard InChI is InChI=1S/C10H12N4S/c1-14(2)6-12-10-13-8-5-7(11)3-4-9(8)15-10/h3-6H,11H2,1-2H3/b12-6+. The molecule has 0 bridgehead atoms. The van der Waals surface area contributed by atoms with Crippen molar-refractivity contribution in [1.82, 2.24) is 9.88 Å². The lowest BCUT2D eigenvalue weighted by Gasteiger charge is -1.99. The SMILES string of the molecule is CN(C)/C=N/c1nc2cc(N)ccc2s1. The number of hydrogen-bond acceptors (Lipinski definition) is 4. The molecule has 5 heteroatoms. The number of benzene rings is 1. The molecule has 1 aromatic carbocycles. The van der Waals surface area contributed by atoms with Crippen LogP contribution in [-0.2, 0) is 0 Å². The molecule has 2 aromatic rings. The van der Waals surface area contributed by atoms with Crippen LogP contribution in [0, 0.1) is 0 Å².